The van der Waals surface area contributed by atoms with E-state index >= 15 is 0 Å². The fourth-order valence-corrected chi connectivity index (χ4v) is 4.15. The average molecular weight is 244 g/mol. The van der Waals surface area contributed by atoms with Crippen LogP contribution in [-0.2, 0) is 16.3 Å². The minimum absolute atomic E-state index is 0.276. The molecule has 1 aliphatic carbocycles. The lowest BCUT2D eigenvalue weighted by Crippen LogP contribution is -2.43. The van der Waals surface area contributed by atoms with Crippen LogP contribution in [0.3, 0.4) is 0 Å². The molecular formula is C11H16O4S. The Bertz CT molecular complexity index is 448. The Hall–Kier alpha value is -0.810. The van der Waals surface area contributed by atoms with Crippen molar-refractivity contribution >= 4 is 9.84 Å². The van der Waals surface area contributed by atoms with Crippen molar-refractivity contribution in [3.05, 3.63) is 24.2 Å². The van der Waals surface area contributed by atoms with E-state index in [9.17, 15) is 13.5 Å². The van der Waals surface area contributed by atoms with E-state index in [1.165, 1.54) is 12.5 Å². The van der Waals surface area contributed by atoms with Crippen LogP contribution < -0.4 is 0 Å². The zero-order valence-electron chi connectivity index (χ0n) is 9.22. The van der Waals surface area contributed by atoms with E-state index in [2.05, 4.69) is 0 Å². The Morgan fingerprint density at radius 3 is 2.94 bits per heavy atom. The maximum absolute atomic E-state index is 11.6. The second-order valence-electron chi connectivity index (χ2n) is 4.57. The molecule has 0 aromatic carbocycles. The van der Waals surface area contributed by atoms with E-state index in [0.29, 0.717) is 18.6 Å². The molecule has 16 heavy (non-hydrogen) atoms. The third-order valence-corrected chi connectivity index (χ3v) is 4.96. The van der Waals surface area contributed by atoms with Crippen LogP contribution in [0, 0.1) is 0 Å². The summed E-state index contributed by atoms with van der Waals surface area (Å²) in [6.07, 6.45) is 4.80. The van der Waals surface area contributed by atoms with Crippen LogP contribution in [0.1, 0.15) is 25.0 Å². The molecule has 2 atom stereocenters. The Balaban J connectivity index is 2.23. The van der Waals surface area contributed by atoms with Gasteiger partial charge in [0.1, 0.15) is 5.76 Å². The standard InChI is InChI=1S/C11H16O4S/c1-16(13,14)10-5-2-6-11(10,12)8-9-4-3-7-15-9/h3-4,7,10,12H,2,5-6,8H2,1H3. The number of aliphatic hydroxyl groups is 1. The van der Waals surface area contributed by atoms with Crippen LogP contribution in [0.25, 0.3) is 0 Å². The molecule has 1 aromatic rings. The SMILES string of the molecule is CS(=O)(=O)C1CCCC1(O)Cc1ccco1. The predicted octanol–water partition coefficient (Wildman–Crippen LogP) is 1.15. The van der Waals surface area contributed by atoms with Gasteiger partial charge in [-0.1, -0.05) is 0 Å². The van der Waals surface area contributed by atoms with Crippen LogP contribution in [0.4, 0.5) is 0 Å². The van der Waals surface area contributed by atoms with E-state index < -0.39 is 20.7 Å². The number of hydrogen-bond donors (Lipinski definition) is 1. The van der Waals surface area contributed by atoms with Crippen LogP contribution in [0.5, 0.6) is 0 Å². The van der Waals surface area contributed by atoms with Gasteiger partial charge in [0.15, 0.2) is 9.84 Å². The van der Waals surface area contributed by atoms with Gasteiger partial charge in [-0.25, -0.2) is 8.42 Å². The monoisotopic (exact) mass is 244 g/mol. The molecule has 0 spiro atoms. The third-order valence-electron chi connectivity index (χ3n) is 3.25. The van der Waals surface area contributed by atoms with Crippen molar-refractivity contribution in [2.75, 3.05) is 6.26 Å². The molecule has 1 fully saturated rings. The molecule has 1 heterocycles. The molecule has 0 amide bonds. The van der Waals surface area contributed by atoms with Gasteiger partial charge in [0.2, 0.25) is 0 Å². The first-order valence-corrected chi connectivity index (χ1v) is 7.31. The molecule has 1 aromatic heterocycles. The molecule has 90 valence electrons. The zero-order valence-corrected chi connectivity index (χ0v) is 10.0. The summed E-state index contributed by atoms with van der Waals surface area (Å²) < 4.78 is 28.3. The molecule has 1 N–H and O–H groups in total. The summed E-state index contributed by atoms with van der Waals surface area (Å²) in [5, 5.41) is 9.76. The van der Waals surface area contributed by atoms with Crippen molar-refractivity contribution in [3.8, 4) is 0 Å². The largest absolute Gasteiger partial charge is 0.469 e. The lowest BCUT2D eigenvalue weighted by molar-refractivity contribution is 0.0461. The van der Waals surface area contributed by atoms with Gasteiger partial charge >= 0.3 is 0 Å². The second-order valence-corrected chi connectivity index (χ2v) is 6.80. The number of furan rings is 1. The Morgan fingerprint density at radius 1 is 1.62 bits per heavy atom. The van der Waals surface area contributed by atoms with E-state index in [1.54, 1.807) is 12.1 Å². The summed E-state index contributed by atoms with van der Waals surface area (Å²) in [5.74, 6) is 0.637. The minimum atomic E-state index is -3.21. The first-order valence-electron chi connectivity index (χ1n) is 5.35. The number of hydrogen-bond acceptors (Lipinski definition) is 4. The highest BCUT2D eigenvalue weighted by atomic mass is 32.2. The summed E-state index contributed by atoms with van der Waals surface area (Å²) in [6.45, 7) is 0. The van der Waals surface area contributed by atoms with E-state index in [1.807, 2.05) is 0 Å². The molecule has 1 saturated carbocycles. The van der Waals surface area contributed by atoms with Crippen molar-refractivity contribution in [3.63, 3.8) is 0 Å². The van der Waals surface area contributed by atoms with Gasteiger partial charge in [-0.05, 0) is 31.4 Å². The van der Waals surface area contributed by atoms with Crippen molar-refractivity contribution in [1.82, 2.24) is 0 Å². The second kappa shape index (κ2) is 3.89. The first kappa shape index (κ1) is 11.7. The van der Waals surface area contributed by atoms with Gasteiger partial charge in [-0.3, -0.25) is 0 Å². The van der Waals surface area contributed by atoms with Crippen LogP contribution >= 0.6 is 0 Å². The van der Waals surface area contributed by atoms with Gasteiger partial charge in [-0.15, -0.1) is 0 Å². The summed E-state index contributed by atoms with van der Waals surface area (Å²) in [6, 6.07) is 3.50. The highest BCUT2D eigenvalue weighted by Gasteiger charge is 2.47. The average Bonchev–Trinajstić information content (AvgIpc) is 2.73. The smallest absolute Gasteiger partial charge is 0.153 e. The summed E-state index contributed by atoms with van der Waals surface area (Å²) >= 11 is 0. The highest BCUT2D eigenvalue weighted by Crippen LogP contribution is 2.37. The number of rotatable bonds is 3. The maximum Gasteiger partial charge on any atom is 0.153 e. The Kier molecular flexibility index (Phi) is 2.84. The number of sulfone groups is 1. The van der Waals surface area contributed by atoms with Crippen LogP contribution in [0.2, 0.25) is 0 Å². The maximum atomic E-state index is 11.6. The molecule has 2 unspecified atom stereocenters. The molecule has 0 bridgehead atoms. The van der Waals surface area contributed by atoms with E-state index in [-0.39, 0.29) is 6.42 Å². The lowest BCUT2D eigenvalue weighted by atomic mass is 9.96. The van der Waals surface area contributed by atoms with Gasteiger partial charge in [-0.2, -0.15) is 0 Å². The van der Waals surface area contributed by atoms with E-state index in [0.717, 1.165) is 6.42 Å². The van der Waals surface area contributed by atoms with Crippen LogP contribution in [0.15, 0.2) is 22.8 Å². The van der Waals surface area contributed by atoms with Gasteiger partial charge in [0, 0.05) is 12.7 Å². The molecule has 0 radical (unpaired) electrons. The van der Waals surface area contributed by atoms with Crippen molar-refractivity contribution in [2.45, 2.75) is 36.5 Å². The van der Waals surface area contributed by atoms with Crippen molar-refractivity contribution in [1.29, 1.82) is 0 Å². The third kappa shape index (κ3) is 2.15. The molecule has 2 rings (SSSR count). The topological polar surface area (TPSA) is 67.5 Å². The van der Waals surface area contributed by atoms with Crippen LogP contribution in [-0.4, -0.2) is 30.6 Å². The molecule has 0 saturated heterocycles. The minimum Gasteiger partial charge on any atom is -0.469 e. The molecular weight excluding hydrogens is 228 g/mol. The molecule has 0 aliphatic heterocycles. The lowest BCUT2D eigenvalue weighted by Gasteiger charge is -2.27. The highest BCUT2D eigenvalue weighted by molar-refractivity contribution is 7.91. The van der Waals surface area contributed by atoms with Gasteiger partial charge < -0.3 is 9.52 Å². The summed E-state index contributed by atoms with van der Waals surface area (Å²) in [4.78, 5) is 0. The zero-order chi connectivity index (χ0) is 11.8. The summed E-state index contributed by atoms with van der Waals surface area (Å²) in [5.41, 5.74) is -1.16. The van der Waals surface area contributed by atoms with E-state index in [4.69, 9.17) is 4.42 Å². The predicted molar refractivity (Wildman–Crippen MR) is 59.8 cm³/mol. The molecule has 1 aliphatic rings. The van der Waals surface area contributed by atoms with Gasteiger partial charge in [0.05, 0.1) is 17.1 Å². The summed E-state index contributed by atoms with van der Waals surface area (Å²) in [7, 11) is -3.21. The Morgan fingerprint density at radius 2 is 2.38 bits per heavy atom. The molecule has 4 nitrogen and oxygen atoms in total. The molecule has 5 heteroatoms. The van der Waals surface area contributed by atoms with Gasteiger partial charge in [0.25, 0.3) is 0 Å². The fourth-order valence-electron chi connectivity index (χ4n) is 2.55. The first-order chi connectivity index (χ1) is 7.42. The normalized spacial score (nSPS) is 30.8. The quantitative estimate of drug-likeness (QED) is 0.866. The fraction of sp³-hybridized carbons (Fsp3) is 0.636. The van der Waals surface area contributed by atoms with Crippen molar-refractivity contribution < 1.29 is 17.9 Å². The van der Waals surface area contributed by atoms with Crippen molar-refractivity contribution in [2.24, 2.45) is 0 Å². The Labute approximate surface area is 95.2 Å².